The molecule has 1 heterocycles. The molecule has 0 radical (unpaired) electrons. The van der Waals surface area contributed by atoms with Gasteiger partial charge in [0.15, 0.2) is 5.78 Å². The Morgan fingerprint density at radius 3 is 2.80 bits per heavy atom. The topological polar surface area (TPSA) is 50.2 Å². The number of hydrogen-bond acceptors (Lipinski definition) is 3. The first kappa shape index (κ1) is 11.8. The van der Waals surface area contributed by atoms with Crippen LogP contribution < -0.4 is 0 Å². The van der Waals surface area contributed by atoms with Gasteiger partial charge < -0.3 is 5.11 Å². The summed E-state index contributed by atoms with van der Waals surface area (Å²) >= 11 is 0. The summed E-state index contributed by atoms with van der Waals surface area (Å²) in [6.45, 7) is 1.42. The van der Waals surface area contributed by atoms with Gasteiger partial charge in [-0.25, -0.2) is 0 Å². The summed E-state index contributed by atoms with van der Waals surface area (Å²) < 4.78 is 0. The first-order valence-electron chi connectivity index (χ1n) is 4.27. The maximum atomic E-state index is 11.1. The first-order valence-corrected chi connectivity index (χ1v) is 4.27. The van der Waals surface area contributed by atoms with Crippen LogP contribution in [-0.4, -0.2) is 15.9 Å². The molecule has 72 valence electrons. The summed E-state index contributed by atoms with van der Waals surface area (Å²) in [6, 6.07) is 6.78. The van der Waals surface area contributed by atoms with Crippen molar-refractivity contribution in [3.8, 4) is 5.75 Å². The fourth-order valence-corrected chi connectivity index (χ4v) is 1.39. The van der Waals surface area contributed by atoms with Gasteiger partial charge in [-0.05, 0) is 25.1 Å². The van der Waals surface area contributed by atoms with Crippen molar-refractivity contribution in [1.29, 1.82) is 0 Å². The van der Waals surface area contributed by atoms with E-state index >= 15 is 0 Å². The van der Waals surface area contributed by atoms with E-state index in [0.717, 1.165) is 10.9 Å². The Labute approximate surface area is 99.9 Å². The quantitative estimate of drug-likeness (QED) is 0.625. The van der Waals surface area contributed by atoms with E-state index in [0.29, 0.717) is 5.56 Å². The van der Waals surface area contributed by atoms with Crippen LogP contribution in [0.4, 0.5) is 0 Å². The standard InChI is InChI=1S/C11H9NO2.Zn/c1-7(13)9-6-10-8(5-11(9)14)3-2-4-12-10;/h2-6,14H,1H3;. The molecule has 0 amide bonds. The second kappa shape index (κ2) is 4.50. The zero-order chi connectivity index (χ0) is 10.1. The molecule has 0 atom stereocenters. The number of benzene rings is 1. The summed E-state index contributed by atoms with van der Waals surface area (Å²) in [5.74, 6) is -0.145. The van der Waals surface area contributed by atoms with Crippen molar-refractivity contribution in [2.45, 2.75) is 6.92 Å². The molecular formula is C11H9NO2Zn. The van der Waals surface area contributed by atoms with E-state index in [1.54, 1.807) is 24.4 Å². The molecule has 1 aromatic heterocycles. The number of carbonyl (C=O) groups is 1. The summed E-state index contributed by atoms with van der Waals surface area (Å²) in [6.07, 6.45) is 1.66. The smallest absolute Gasteiger partial charge is 0.163 e. The monoisotopic (exact) mass is 251 g/mol. The molecule has 0 aliphatic carbocycles. The Bertz CT molecular complexity index is 511. The molecule has 0 unspecified atom stereocenters. The van der Waals surface area contributed by atoms with Crippen LogP contribution in [0.1, 0.15) is 17.3 Å². The third-order valence-electron chi connectivity index (χ3n) is 2.10. The van der Waals surface area contributed by atoms with E-state index in [2.05, 4.69) is 4.98 Å². The molecule has 15 heavy (non-hydrogen) atoms. The fraction of sp³-hybridized carbons (Fsp3) is 0.0909. The van der Waals surface area contributed by atoms with Crippen LogP contribution in [0.3, 0.4) is 0 Å². The summed E-state index contributed by atoms with van der Waals surface area (Å²) in [5.41, 5.74) is 1.03. The number of hydrogen-bond donors (Lipinski definition) is 1. The number of aromatic nitrogens is 1. The molecule has 2 rings (SSSR count). The molecule has 0 saturated carbocycles. The number of ketones is 1. The van der Waals surface area contributed by atoms with E-state index in [9.17, 15) is 9.90 Å². The Morgan fingerprint density at radius 2 is 2.13 bits per heavy atom. The van der Waals surface area contributed by atoms with Crippen LogP contribution >= 0.6 is 0 Å². The van der Waals surface area contributed by atoms with Crippen molar-refractivity contribution >= 4 is 16.7 Å². The van der Waals surface area contributed by atoms with E-state index in [-0.39, 0.29) is 31.0 Å². The van der Waals surface area contributed by atoms with Gasteiger partial charge in [0, 0.05) is 31.1 Å². The van der Waals surface area contributed by atoms with Gasteiger partial charge in [-0.3, -0.25) is 9.78 Å². The summed E-state index contributed by atoms with van der Waals surface area (Å²) in [4.78, 5) is 15.2. The Kier molecular flexibility index (Phi) is 3.54. The van der Waals surface area contributed by atoms with Crippen molar-refractivity contribution < 1.29 is 29.4 Å². The van der Waals surface area contributed by atoms with Crippen LogP contribution in [-0.2, 0) is 19.5 Å². The average molecular weight is 253 g/mol. The number of rotatable bonds is 1. The van der Waals surface area contributed by atoms with Gasteiger partial charge in [-0.2, -0.15) is 0 Å². The minimum atomic E-state index is -0.157. The molecular weight excluding hydrogens is 244 g/mol. The van der Waals surface area contributed by atoms with Gasteiger partial charge in [-0.15, -0.1) is 0 Å². The third-order valence-corrected chi connectivity index (χ3v) is 2.10. The van der Waals surface area contributed by atoms with Crippen LogP contribution in [0.5, 0.6) is 5.75 Å². The molecule has 1 N–H and O–H groups in total. The van der Waals surface area contributed by atoms with Crippen LogP contribution in [0.2, 0.25) is 0 Å². The van der Waals surface area contributed by atoms with Crippen molar-refractivity contribution in [3.05, 3.63) is 36.0 Å². The van der Waals surface area contributed by atoms with Crippen molar-refractivity contribution in [3.63, 3.8) is 0 Å². The number of phenols is 1. The van der Waals surface area contributed by atoms with Gasteiger partial charge in [-0.1, -0.05) is 6.07 Å². The Balaban J connectivity index is 0.00000112. The normalized spacial score (nSPS) is 9.67. The predicted molar refractivity (Wildman–Crippen MR) is 53.4 cm³/mol. The number of fused-ring (bicyclic) bond motifs is 1. The average Bonchev–Trinajstić information content (AvgIpc) is 2.16. The van der Waals surface area contributed by atoms with E-state index in [1.807, 2.05) is 6.07 Å². The Hall–Kier alpha value is -1.28. The number of carbonyl (C=O) groups excluding carboxylic acids is 1. The Morgan fingerprint density at radius 1 is 1.40 bits per heavy atom. The molecule has 2 aromatic rings. The number of nitrogens with zero attached hydrogens (tertiary/aromatic N) is 1. The minimum Gasteiger partial charge on any atom is -0.507 e. The first-order chi connectivity index (χ1) is 6.68. The van der Waals surface area contributed by atoms with Crippen molar-refractivity contribution in [2.24, 2.45) is 0 Å². The van der Waals surface area contributed by atoms with Gasteiger partial charge in [0.1, 0.15) is 5.75 Å². The second-order valence-corrected chi connectivity index (χ2v) is 3.12. The molecule has 4 heteroatoms. The predicted octanol–water partition coefficient (Wildman–Crippen LogP) is 2.14. The van der Waals surface area contributed by atoms with Crippen LogP contribution in [0, 0.1) is 0 Å². The molecule has 3 nitrogen and oxygen atoms in total. The molecule has 0 bridgehead atoms. The number of phenolic OH excluding ortho intramolecular Hbond substituents is 1. The van der Waals surface area contributed by atoms with Gasteiger partial charge in [0.25, 0.3) is 0 Å². The number of aromatic hydroxyl groups is 1. The SMILES string of the molecule is CC(=O)c1cc2ncccc2cc1O.[Zn]. The van der Waals surface area contributed by atoms with Crippen molar-refractivity contribution in [1.82, 2.24) is 4.98 Å². The van der Waals surface area contributed by atoms with Gasteiger partial charge in [0.2, 0.25) is 0 Å². The maximum Gasteiger partial charge on any atom is 0.163 e. The van der Waals surface area contributed by atoms with E-state index in [1.165, 1.54) is 6.92 Å². The summed E-state index contributed by atoms with van der Waals surface area (Å²) in [7, 11) is 0. The fourth-order valence-electron chi connectivity index (χ4n) is 1.39. The van der Waals surface area contributed by atoms with Crippen LogP contribution in [0.15, 0.2) is 30.5 Å². The van der Waals surface area contributed by atoms with E-state index in [4.69, 9.17) is 0 Å². The largest absolute Gasteiger partial charge is 0.507 e. The maximum absolute atomic E-state index is 11.1. The van der Waals surface area contributed by atoms with Gasteiger partial charge in [0.05, 0.1) is 11.1 Å². The number of pyridine rings is 1. The second-order valence-electron chi connectivity index (χ2n) is 3.12. The molecule has 0 spiro atoms. The third kappa shape index (κ3) is 2.21. The molecule has 0 saturated heterocycles. The molecule has 0 fully saturated rings. The van der Waals surface area contributed by atoms with E-state index < -0.39 is 0 Å². The van der Waals surface area contributed by atoms with Gasteiger partial charge >= 0.3 is 0 Å². The van der Waals surface area contributed by atoms with Crippen LogP contribution in [0.25, 0.3) is 10.9 Å². The molecule has 0 aliphatic rings. The zero-order valence-electron chi connectivity index (χ0n) is 8.40. The minimum absolute atomic E-state index is 0. The van der Waals surface area contributed by atoms with Crippen molar-refractivity contribution in [2.75, 3.05) is 0 Å². The molecule has 1 aromatic carbocycles. The molecule has 0 aliphatic heterocycles. The number of Topliss-reactive ketones (excluding diaryl/α,β-unsaturated/α-hetero) is 1. The zero-order valence-corrected chi connectivity index (χ0v) is 11.4. The summed E-state index contributed by atoms with van der Waals surface area (Å²) in [5, 5.41) is 10.4.